The van der Waals surface area contributed by atoms with Gasteiger partial charge in [0, 0.05) is 15.7 Å². The third-order valence-electron chi connectivity index (χ3n) is 5.03. The first-order chi connectivity index (χ1) is 14.7. The molecule has 1 aliphatic heterocycles. The lowest BCUT2D eigenvalue weighted by Crippen LogP contribution is -2.49. The average molecular weight is 479 g/mol. The molecule has 3 aromatic carbocycles. The second-order valence-electron chi connectivity index (χ2n) is 8.39. The van der Waals surface area contributed by atoms with Gasteiger partial charge in [-0.3, -0.25) is 4.79 Å². The molecule has 0 saturated heterocycles. The molecule has 158 valence electrons. The summed E-state index contributed by atoms with van der Waals surface area (Å²) in [5.74, 6) is -0.405. The van der Waals surface area contributed by atoms with Crippen LogP contribution in [-0.4, -0.2) is 17.6 Å². The van der Waals surface area contributed by atoms with E-state index in [9.17, 15) is 9.59 Å². The van der Waals surface area contributed by atoms with Crippen molar-refractivity contribution in [2.45, 2.75) is 31.9 Å². The van der Waals surface area contributed by atoms with E-state index < -0.39 is 23.1 Å². The largest absolute Gasteiger partial charge is 0.443 e. The van der Waals surface area contributed by atoms with Crippen LogP contribution in [0, 0.1) is 0 Å². The highest BCUT2D eigenvalue weighted by Gasteiger charge is 2.55. The van der Waals surface area contributed by atoms with Crippen LogP contribution in [0.1, 0.15) is 31.9 Å². The molecule has 0 radical (unpaired) electrons. The predicted octanol–water partition coefficient (Wildman–Crippen LogP) is 6.09. The van der Waals surface area contributed by atoms with Crippen LogP contribution in [0.3, 0.4) is 0 Å². The summed E-state index contributed by atoms with van der Waals surface area (Å²) in [5, 5.41) is 3.43. The Labute approximate surface area is 190 Å². The van der Waals surface area contributed by atoms with Crippen molar-refractivity contribution in [3.05, 3.63) is 94.5 Å². The summed E-state index contributed by atoms with van der Waals surface area (Å²) >= 11 is 3.45. The molecule has 5 nitrogen and oxygen atoms in total. The normalized spacial score (nSPS) is 17.9. The SMILES string of the molecule is CC(C)(C)OC(=O)N1C(=O)[C@@](Nc2ccc(Br)cc2)(c2ccccc2)c2ccccc21. The predicted molar refractivity (Wildman–Crippen MR) is 125 cm³/mol. The molecule has 0 spiro atoms. The van der Waals surface area contributed by atoms with Crippen LogP contribution in [0.4, 0.5) is 16.2 Å². The van der Waals surface area contributed by atoms with Crippen LogP contribution in [0.25, 0.3) is 0 Å². The van der Waals surface area contributed by atoms with Crippen LogP contribution in [0.5, 0.6) is 0 Å². The van der Waals surface area contributed by atoms with Gasteiger partial charge in [-0.1, -0.05) is 64.5 Å². The molecule has 31 heavy (non-hydrogen) atoms. The molecule has 6 heteroatoms. The second kappa shape index (κ2) is 7.85. The van der Waals surface area contributed by atoms with Crippen molar-refractivity contribution in [3.63, 3.8) is 0 Å². The van der Waals surface area contributed by atoms with Crippen LogP contribution in [-0.2, 0) is 15.1 Å². The highest BCUT2D eigenvalue weighted by atomic mass is 79.9. The summed E-state index contributed by atoms with van der Waals surface area (Å²) in [6, 6.07) is 24.3. The van der Waals surface area contributed by atoms with E-state index in [4.69, 9.17) is 4.74 Å². The molecule has 1 atom stereocenters. The topological polar surface area (TPSA) is 58.6 Å². The van der Waals surface area contributed by atoms with Crippen molar-refractivity contribution in [2.75, 3.05) is 10.2 Å². The number of halogens is 1. The summed E-state index contributed by atoms with van der Waals surface area (Å²) in [4.78, 5) is 28.3. The van der Waals surface area contributed by atoms with Gasteiger partial charge in [0.05, 0.1) is 5.69 Å². The third-order valence-corrected chi connectivity index (χ3v) is 5.56. The van der Waals surface area contributed by atoms with Gasteiger partial charge in [-0.2, -0.15) is 0 Å². The van der Waals surface area contributed by atoms with Crippen molar-refractivity contribution < 1.29 is 14.3 Å². The number of amides is 2. The summed E-state index contributed by atoms with van der Waals surface area (Å²) in [6.07, 6.45) is -0.694. The van der Waals surface area contributed by atoms with Gasteiger partial charge < -0.3 is 10.1 Å². The van der Waals surface area contributed by atoms with E-state index in [0.29, 0.717) is 11.3 Å². The van der Waals surface area contributed by atoms with Crippen LogP contribution >= 0.6 is 15.9 Å². The Kier molecular flexibility index (Phi) is 5.35. The highest BCUT2D eigenvalue weighted by molar-refractivity contribution is 9.10. The zero-order chi connectivity index (χ0) is 22.2. The molecule has 1 aliphatic rings. The van der Waals surface area contributed by atoms with Crippen molar-refractivity contribution in [2.24, 2.45) is 0 Å². The average Bonchev–Trinajstić information content (AvgIpc) is 2.98. The van der Waals surface area contributed by atoms with Gasteiger partial charge in [0.15, 0.2) is 5.54 Å². The van der Waals surface area contributed by atoms with Crippen LogP contribution in [0.2, 0.25) is 0 Å². The van der Waals surface area contributed by atoms with Crippen molar-refractivity contribution in [1.82, 2.24) is 0 Å². The molecule has 0 aromatic heterocycles. The minimum Gasteiger partial charge on any atom is -0.443 e. The maximum Gasteiger partial charge on any atom is 0.421 e. The summed E-state index contributed by atoms with van der Waals surface area (Å²) in [7, 11) is 0. The first-order valence-corrected chi connectivity index (χ1v) is 10.8. The Morgan fingerprint density at radius 1 is 0.935 bits per heavy atom. The second-order valence-corrected chi connectivity index (χ2v) is 9.30. The van der Waals surface area contributed by atoms with Gasteiger partial charge >= 0.3 is 6.09 Å². The Balaban J connectivity index is 1.91. The Morgan fingerprint density at radius 3 is 2.19 bits per heavy atom. The molecule has 0 aliphatic carbocycles. The molecular weight excluding hydrogens is 456 g/mol. The van der Waals surface area contributed by atoms with Crippen molar-refractivity contribution in [3.8, 4) is 0 Å². The van der Waals surface area contributed by atoms with Crippen LogP contribution < -0.4 is 10.2 Å². The van der Waals surface area contributed by atoms with Gasteiger partial charge in [0.1, 0.15) is 5.60 Å². The lowest BCUT2D eigenvalue weighted by molar-refractivity contribution is -0.120. The van der Waals surface area contributed by atoms with Crippen molar-refractivity contribution >= 4 is 39.3 Å². The molecule has 3 aromatic rings. The maximum atomic E-state index is 14.0. The first-order valence-electron chi connectivity index (χ1n) is 9.99. The van der Waals surface area contributed by atoms with E-state index in [1.165, 1.54) is 0 Å². The van der Waals surface area contributed by atoms with E-state index in [-0.39, 0.29) is 0 Å². The maximum absolute atomic E-state index is 14.0. The quantitative estimate of drug-likeness (QED) is 0.494. The number of hydrogen-bond acceptors (Lipinski definition) is 4. The van der Waals surface area contributed by atoms with Crippen LogP contribution in [0.15, 0.2) is 83.3 Å². The fourth-order valence-electron chi connectivity index (χ4n) is 3.78. The number of anilines is 2. The van der Waals surface area contributed by atoms with E-state index in [1.807, 2.05) is 72.8 Å². The van der Waals surface area contributed by atoms with Gasteiger partial charge in [0.25, 0.3) is 5.91 Å². The third kappa shape index (κ3) is 3.83. The minimum absolute atomic E-state index is 0.405. The zero-order valence-corrected chi connectivity index (χ0v) is 19.1. The number of imide groups is 1. The highest BCUT2D eigenvalue weighted by Crippen LogP contribution is 2.47. The van der Waals surface area contributed by atoms with Gasteiger partial charge in [-0.05, 0) is 56.7 Å². The molecule has 2 amide bonds. The number of nitrogens with zero attached hydrogens (tertiary/aromatic N) is 1. The first kappa shape index (κ1) is 21.1. The molecule has 1 N–H and O–H groups in total. The molecule has 0 saturated carbocycles. The van der Waals surface area contributed by atoms with Gasteiger partial charge in [-0.15, -0.1) is 0 Å². The molecular formula is C25H23BrN2O3. The number of benzene rings is 3. The molecule has 0 unspecified atom stereocenters. The van der Waals surface area contributed by atoms with Gasteiger partial charge in [-0.25, -0.2) is 9.69 Å². The zero-order valence-electron chi connectivity index (χ0n) is 17.6. The number of nitrogens with one attached hydrogen (secondary N) is 1. The monoisotopic (exact) mass is 478 g/mol. The minimum atomic E-state index is -1.28. The lowest BCUT2D eigenvalue weighted by Gasteiger charge is -2.32. The standard InChI is InChI=1S/C25H23BrN2O3/c1-24(2,3)31-23(30)28-21-12-8-7-11-20(21)25(22(28)29,17-9-5-4-6-10-17)27-19-15-13-18(26)14-16-19/h4-16,27H,1-3H3/t25-/m1/s1. The van der Waals surface area contributed by atoms with E-state index >= 15 is 0 Å². The summed E-state index contributed by atoms with van der Waals surface area (Å²) < 4.78 is 6.51. The van der Waals surface area contributed by atoms with E-state index in [1.54, 1.807) is 26.8 Å². The number of hydrogen-bond donors (Lipinski definition) is 1. The Morgan fingerprint density at radius 2 is 1.55 bits per heavy atom. The number of fused-ring (bicyclic) bond motifs is 1. The molecule has 4 rings (SSSR count). The van der Waals surface area contributed by atoms with Crippen molar-refractivity contribution in [1.29, 1.82) is 0 Å². The fourth-order valence-corrected chi connectivity index (χ4v) is 4.04. The molecule has 0 bridgehead atoms. The van der Waals surface area contributed by atoms with E-state index in [2.05, 4.69) is 21.2 Å². The molecule has 0 fully saturated rings. The lowest BCUT2D eigenvalue weighted by atomic mass is 9.83. The summed E-state index contributed by atoms with van der Waals surface area (Å²) in [5.41, 5.74) is 0.685. The summed E-state index contributed by atoms with van der Waals surface area (Å²) in [6.45, 7) is 5.34. The molecule has 1 heterocycles. The number of carbonyl (C=O) groups excluding carboxylic acids is 2. The number of carbonyl (C=O) groups is 2. The Bertz CT molecular complexity index is 1120. The number of para-hydroxylation sites is 1. The fraction of sp³-hybridized carbons (Fsp3) is 0.200. The van der Waals surface area contributed by atoms with E-state index in [0.717, 1.165) is 20.6 Å². The van der Waals surface area contributed by atoms with Gasteiger partial charge in [0.2, 0.25) is 0 Å². The smallest absolute Gasteiger partial charge is 0.421 e. The number of ether oxygens (including phenoxy) is 1. The Hall–Kier alpha value is -3.12. The number of rotatable bonds is 3.